The lowest BCUT2D eigenvalue weighted by atomic mass is 10.2. The molecule has 0 bridgehead atoms. The van der Waals surface area contributed by atoms with Gasteiger partial charge in [0.05, 0.1) is 17.0 Å². The molecular formula is C17H20ClN3O5. The van der Waals surface area contributed by atoms with Crippen molar-refractivity contribution in [2.24, 2.45) is 0 Å². The third-order valence-electron chi connectivity index (χ3n) is 2.73. The summed E-state index contributed by atoms with van der Waals surface area (Å²) in [4.78, 5) is 34.7. The van der Waals surface area contributed by atoms with Gasteiger partial charge in [0, 0.05) is 12.2 Å². The largest absolute Gasteiger partial charge is 0.456 e. The van der Waals surface area contributed by atoms with E-state index in [-0.39, 0.29) is 23.6 Å². The van der Waals surface area contributed by atoms with E-state index >= 15 is 0 Å². The second-order valence-electron chi connectivity index (χ2n) is 6.19. The third kappa shape index (κ3) is 8.35. The number of halogens is 1. The average molecular weight is 382 g/mol. The smallest absolute Gasteiger partial charge is 0.407 e. The Bertz CT molecular complexity index is 722. The van der Waals surface area contributed by atoms with Gasteiger partial charge >= 0.3 is 12.1 Å². The van der Waals surface area contributed by atoms with E-state index in [9.17, 15) is 14.4 Å². The fraction of sp³-hybridized carbons (Fsp3) is 0.412. The van der Waals surface area contributed by atoms with Crippen LogP contribution in [0.1, 0.15) is 32.8 Å². The summed E-state index contributed by atoms with van der Waals surface area (Å²) in [5, 5.41) is 13.9. The van der Waals surface area contributed by atoms with Gasteiger partial charge in [-0.05, 0) is 39.0 Å². The first-order valence-electron chi connectivity index (χ1n) is 7.72. The molecule has 0 atom stereocenters. The molecule has 1 aromatic rings. The first-order valence-corrected chi connectivity index (χ1v) is 8.10. The average Bonchev–Trinajstić information content (AvgIpc) is 2.51. The zero-order valence-electron chi connectivity index (χ0n) is 14.7. The SMILES string of the molecule is CC(C)(C)OC(=O)NCCC(=O)OCC(=O)Nc1ccc(C#N)c(Cl)c1. The van der Waals surface area contributed by atoms with E-state index in [1.807, 2.05) is 6.07 Å². The number of hydrogen-bond acceptors (Lipinski definition) is 6. The van der Waals surface area contributed by atoms with E-state index < -0.39 is 30.2 Å². The van der Waals surface area contributed by atoms with Crippen LogP contribution < -0.4 is 10.6 Å². The van der Waals surface area contributed by atoms with Crippen LogP contribution in [0.25, 0.3) is 0 Å². The molecule has 9 heteroatoms. The van der Waals surface area contributed by atoms with E-state index in [1.165, 1.54) is 18.2 Å². The van der Waals surface area contributed by atoms with Gasteiger partial charge in [0.15, 0.2) is 6.61 Å². The van der Waals surface area contributed by atoms with Gasteiger partial charge in [-0.25, -0.2) is 4.79 Å². The second kappa shape index (κ2) is 9.63. The number of hydrogen-bond donors (Lipinski definition) is 2. The molecule has 0 spiro atoms. The molecule has 0 aliphatic heterocycles. The van der Waals surface area contributed by atoms with Crippen LogP contribution >= 0.6 is 11.6 Å². The maximum absolute atomic E-state index is 11.7. The lowest BCUT2D eigenvalue weighted by molar-refractivity contribution is -0.147. The molecule has 0 aromatic heterocycles. The van der Waals surface area contributed by atoms with Crippen LogP contribution in [0.2, 0.25) is 5.02 Å². The summed E-state index contributed by atoms with van der Waals surface area (Å²) < 4.78 is 9.82. The lowest BCUT2D eigenvalue weighted by Crippen LogP contribution is -2.34. The molecule has 8 nitrogen and oxygen atoms in total. The van der Waals surface area contributed by atoms with E-state index in [2.05, 4.69) is 10.6 Å². The molecule has 0 saturated heterocycles. The maximum Gasteiger partial charge on any atom is 0.407 e. The Morgan fingerprint density at radius 2 is 1.96 bits per heavy atom. The number of carbonyl (C=O) groups is 3. The minimum absolute atomic E-state index is 0.0284. The molecule has 0 fully saturated rings. The summed E-state index contributed by atoms with van der Waals surface area (Å²) in [7, 11) is 0. The zero-order chi connectivity index (χ0) is 19.7. The summed E-state index contributed by atoms with van der Waals surface area (Å²) in [5.74, 6) is -1.20. The minimum atomic E-state index is -0.644. The molecule has 0 radical (unpaired) electrons. The molecule has 0 aliphatic carbocycles. The second-order valence-corrected chi connectivity index (χ2v) is 6.60. The van der Waals surface area contributed by atoms with Crippen molar-refractivity contribution in [3.05, 3.63) is 28.8 Å². The molecule has 1 rings (SSSR count). The van der Waals surface area contributed by atoms with Crippen LogP contribution in [0.15, 0.2) is 18.2 Å². The number of esters is 1. The van der Waals surface area contributed by atoms with Gasteiger partial charge in [-0.2, -0.15) is 5.26 Å². The van der Waals surface area contributed by atoms with Crippen LogP contribution in [-0.2, 0) is 19.1 Å². The number of carbonyl (C=O) groups excluding carboxylic acids is 3. The van der Waals surface area contributed by atoms with E-state index in [0.29, 0.717) is 5.69 Å². The van der Waals surface area contributed by atoms with Crippen molar-refractivity contribution >= 4 is 35.3 Å². The van der Waals surface area contributed by atoms with Gasteiger partial charge in [0.1, 0.15) is 11.7 Å². The minimum Gasteiger partial charge on any atom is -0.456 e. The van der Waals surface area contributed by atoms with Crippen LogP contribution in [-0.4, -0.2) is 36.7 Å². The van der Waals surface area contributed by atoms with Gasteiger partial charge in [-0.3, -0.25) is 9.59 Å². The van der Waals surface area contributed by atoms with Gasteiger partial charge in [0.2, 0.25) is 0 Å². The van der Waals surface area contributed by atoms with Crippen LogP contribution in [0.3, 0.4) is 0 Å². The molecular weight excluding hydrogens is 362 g/mol. The monoisotopic (exact) mass is 381 g/mol. The predicted molar refractivity (Wildman–Crippen MR) is 94.6 cm³/mol. The molecule has 26 heavy (non-hydrogen) atoms. The van der Waals surface area contributed by atoms with Crippen molar-refractivity contribution in [2.45, 2.75) is 32.8 Å². The predicted octanol–water partition coefficient (Wildman–Crippen LogP) is 2.61. The molecule has 0 saturated carbocycles. The van der Waals surface area contributed by atoms with Crippen molar-refractivity contribution in [2.75, 3.05) is 18.5 Å². The topological polar surface area (TPSA) is 118 Å². The Balaban J connectivity index is 2.30. The number of nitrogens with one attached hydrogen (secondary N) is 2. The number of ether oxygens (including phenoxy) is 2. The summed E-state index contributed by atoms with van der Waals surface area (Å²) in [5.41, 5.74) is 0.0343. The quantitative estimate of drug-likeness (QED) is 0.731. The fourth-order valence-corrected chi connectivity index (χ4v) is 1.90. The fourth-order valence-electron chi connectivity index (χ4n) is 1.68. The molecule has 1 aromatic carbocycles. The van der Waals surface area contributed by atoms with Crippen molar-refractivity contribution in [3.63, 3.8) is 0 Å². The molecule has 140 valence electrons. The molecule has 2 amide bonds. The lowest BCUT2D eigenvalue weighted by Gasteiger charge is -2.19. The van der Waals surface area contributed by atoms with Crippen molar-refractivity contribution in [3.8, 4) is 6.07 Å². The highest BCUT2D eigenvalue weighted by Crippen LogP contribution is 2.20. The Morgan fingerprint density at radius 1 is 1.27 bits per heavy atom. The summed E-state index contributed by atoms with van der Waals surface area (Å²) in [6.07, 6.45) is -0.740. The number of amides is 2. The Kier molecular flexibility index (Phi) is 7.87. The normalized spacial score (nSPS) is 10.4. The highest BCUT2D eigenvalue weighted by atomic mass is 35.5. The van der Waals surface area contributed by atoms with Crippen molar-refractivity contribution in [1.29, 1.82) is 5.26 Å². The summed E-state index contributed by atoms with van der Waals surface area (Å²) in [6, 6.07) is 6.30. The Hall–Kier alpha value is -2.79. The zero-order valence-corrected chi connectivity index (χ0v) is 15.5. The van der Waals surface area contributed by atoms with Gasteiger partial charge in [-0.15, -0.1) is 0 Å². The first kappa shape index (κ1) is 21.3. The van der Waals surface area contributed by atoms with E-state index in [0.717, 1.165) is 0 Å². The highest BCUT2D eigenvalue weighted by molar-refractivity contribution is 6.32. The van der Waals surface area contributed by atoms with Crippen LogP contribution in [0.4, 0.5) is 10.5 Å². The summed E-state index contributed by atoms with van der Waals surface area (Å²) in [6.45, 7) is 4.71. The standard InChI is InChI=1S/C17H20ClN3O5/c1-17(2,3)26-16(24)20-7-6-15(23)25-10-14(22)21-12-5-4-11(9-19)13(18)8-12/h4-5,8H,6-7,10H2,1-3H3,(H,20,24)(H,21,22). The van der Waals surface area contributed by atoms with Gasteiger partial charge < -0.3 is 20.1 Å². The van der Waals surface area contributed by atoms with E-state index in [4.69, 9.17) is 26.3 Å². The molecule has 0 unspecified atom stereocenters. The Morgan fingerprint density at radius 3 is 2.54 bits per heavy atom. The van der Waals surface area contributed by atoms with Gasteiger partial charge in [-0.1, -0.05) is 11.6 Å². The number of rotatable bonds is 6. The molecule has 0 aliphatic rings. The molecule has 0 heterocycles. The van der Waals surface area contributed by atoms with Crippen LogP contribution in [0, 0.1) is 11.3 Å². The van der Waals surface area contributed by atoms with Gasteiger partial charge in [0.25, 0.3) is 5.91 Å². The van der Waals surface area contributed by atoms with Crippen molar-refractivity contribution in [1.82, 2.24) is 5.32 Å². The van der Waals surface area contributed by atoms with E-state index in [1.54, 1.807) is 20.8 Å². The summed E-state index contributed by atoms with van der Waals surface area (Å²) >= 11 is 5.86. The van der Waals surface area contributed by atoms with Crippen LogP contribution in [0.5, 0.6) is 0 Å². The number of nitriles is 1. The Labute approximate surface area is 156 Å². The number of benzene rings is 1. The maximum atomic E-state index is 11.7. The van der Waals surface area contributed by atoms with Crippen molar-refractivity contribution < 1.29 is 23.9 Å². The highest BCUT2D eigenvalue weighted by Gasteiger charge is 2.16. The third-order valence-corrected chi connectivity index (χ3v) is 3.05. The first-order chi connectivity index (χ1) is 12.1. The molecule has 2 N–H and O–H groups in total. The number of anilines is 1. The number of nitrogens with zero attached hydrogens (tertiary/aromatic N) is 1. The number of alkyl carbamates (subject to hydrolysis) is 1.